The summed E-state index contributed by atoms with van der Waals surface area (Å²) in [4.78, 5) is 33.0. The summed E-state index contributed by atoms with van der Waals surface area (Å²) in [6, 6.07) is 6.69. The van der Waals surface area contributed by atoms with Crippen molar-refractivity contribution in [2.75, 3.05) is 14.1 Å². The molecule has 0 aliphatic rings. The van der Waals surface area contributed by atoms with E-state index >= 15 is 0 Å². The average molecular weight is 361 g/mol. The maximum absolute atomic E-state index is 12.0. The molecular weight excluding hydrogens is 346 g/mol. The number of hydrogen-bond acceptors (Lipinski definition) is 6. The van der Waals surface area contributed by atoms with Gasteiger partial charge in [-0.15, -0.1) is 0 Å². The Morgan fingerprint density at radius 1 is 1.22 bits per heavy atom. The lowest BCUT2D eigenvalue weighted by Crippen LogP contribution is -2.08. The molecule has 2 aromatic heterocycles. The van der Waals surface area contributed by atoms with Crippen LogP contribution in [0.4, 0.5) is 4.79 Å². The number of aromatic nitrogens is 4. The van der Waals surface area contributed by atoms with Crippen LogP contribution in [0.15, 0.2) is 48.9 Å². The molecule has 8 nitrogen and oxygen atoms in total. The number of ketones is 1. The predicted molar refractivity (Wildman–Crippen MR) is 98.3 cm³/mol. The van der Waals surface area contributed by atoms with Crippen LogP contribution in [0.3, 0.4) is 0 Å². The van der Waals surface area contributed by atoms with Gasteiger partial charge in [-0.25, -0.2) is 14.8 Å². The van der Waals surface area contributed by atoms with Gasteiger partial charge in [-0.3, -0.25) is 4.79 Å². The lowest BCUT2D eigenvalue weighted by atomic mass is 10.1. The Morgan fingerprint density at radius 3 is 2.78 bits per heavy atom. The van der Waals surface area contributed by atoms with Crippen LogP contribution in [0.25, 0.3) is 10.9 Å². The van der Waals surface area contributed by atoms with Crippen molar-refractivity contribution in [2.45, 2.75) is 0 Å². The normalized spacial score (nSPS) is 10.6. The van der Waals surface area contributed by atoms with Gasteiger partial charge in [0.25, 0.3) is 0 Å². The topological polar surface area (TPSA) is 101 Å². The summed E-state index contributed by atoms with van der Waals surface area (Å²) in [6.45, 7) is 0. The molecule has 0 atom stereocenters. The van der Waals surface area contributed by atoms with Gasteiger partial charge in [0, 0.05) is 43.5 Å². The summed E-state index contributed by atoms with van der Waals surface area (Å²) >= 11 is 0. The molecule has 1 N–H and O–H groups in total. The van der Waals surface area contributed by atoms with E-state index in [1.807, 2.05) is 14.1 Å². The molecule has 0 saturated carbocycles. The minimum Gasteiger partial charge on any atom is -0.463 e. The van der Waals surface area contributed by atoms with Crippen LogP contribution in [0.1, 0.15) is 21.9 Å². The van der Waals surface area contributed by atoms with Crippen LogP contribution in [-0.4, -0.2) is 55.7 Å². The second-order valence-corrected chi connectivity index (χ2v) is 5.77. The fraction of sp³-hybridized carbons (Fsp3) is 0.105. The van der Waals surface area contributed by atoms with Crippen molar-refractivity contribution in [2.24, 2.45) is 0 Å². The molecule has 134 valence electrons. The Balaban J connectivity index is 1.85. The Labute approximate surface area is 154 Å². The van der Waals surface area contributed by atoms with E-state index in [0.29, 0.717) is 22.2 Å². The van der Waals surface area contributed by atoms with E-state index in [9.17, 15) is 9.59 Å². The van der Waals surface area contributed by atoms with E-state index in [0.717, 1.165) is 4.68 Å². The van der Waals surface area contributed by atoms with Crippen LogP contribution in [0, 0.1) is 11.8 Å². The highest BCUT2D eigenvalue weighted by molar-refractivity contribution is 6.01. The number of rotatable bonds is 3. The van der Waals surface area contributed by atoms with Crippen molar-refractivity contribution < 1.29 is 14.7 Å². The van der Waals surface area contributed by atoms with Gasteiger partial charge in [-0.2, -0.15) is 9.78 Å². The highest BCUT2D eigenvalue weighted by Gasteiger charge is 2.08. The summed E-state index contributed by atoms with van der Waals surface area (Å²) < 4.78 is 0.899. The minimum atomic E-state index is -1.15. The molecule has 3 rings (SSSR count). The first kappa shape index (κ1) is 17.8. The molecule has 0 aliphatic carbocycles. The van der Waals surface area contributed by atoms with Gasteiger partial charge in [0.05, 0.1) is 11.7 Å². The summed E-state index contributed by atoms with van der Waals surface area (Å²) in [6.07, 6.45) is 4.81. The first-order valence-corrected chi connectivity index (χ1v) is 7.89. The third kappa shape index (κ3) is 4.16. The van der Waals surface area contributed by atoms with E-state index in [-0.39, 0.29) is 11.6 Å². The number of fused-ring (bicyclic) bond motifs is 1. The summed E-state index contributed by atoms with van der Waals surface area (Å²) in [7, 11) is 3.62. The van der Waals surface area contributed by atoms with Crippen molar-refractivity contribution >= 4 is 22.8 Å². The van der Waals surface area contributed by atoms with Gasteiger partial charge in [0.15, 0.2) is 0 Å². The molecule has 0 fully saturated rings. The molecule has 0 radical (unpaired) electrons. The van der Waals surface area contributed by atoms with Crippen LogP contribution in [-0.2, 0) is 0 Å². The maximum Gasteiger partial charge on any atom is 0.432 e. The Morgan fingerprint density at radius 2 is 2.04 bits per heavy atom. The first-order chi connectivity index (χ1) is 12.9. The third-order valence-corrected chi connectivity index (χ3v) is 3.48. The fourth-order valence-corrected chi connectivity index (χ4v) is 2.24. The van der Waals surface area contributed by atoms with E-state index in [1.165, 1.54) is 18.5 Å². The van der Waals surface area contributed by atoms with Crippen LogP contribution >= 0.6 is 0 Å². The predicted octanol–water partition coefficient (Wildman–Crippen LogP) is 2.01. The molecule has 0 aliphatic heterocycles. The van der Waals surface area contributed by atoms with Gasteiger partial charge in [0.2, 0.25) is 11.6 Å². The van der Waals surface area contributed by atoms with Gasteiger partial charge < -0.3 is 10.0 Å². The standard InChI is InChI=1S/C19H15N5O3/c1-23(2)10-8-17(25)18-20-9-7-15(22-18)5-3-13-4-6-16-14(11-13)12-21-24(16)19(26)27/h4,6-12H,1-2H3,(H,26,27). The van der Waals surface area contributed by atoms with Gasteiger partial charge in [-0.05, 0) is 30.2 Å². The van der Waals surface area contributed by atoms with E-state index in [2.05, 4.69) is 26.9 Å². The number of carbonyl (C=O) groups is 2. The van der Waals surface area contributed by atoms with Crippen LogP contribution in [0.5, 0.6) is 0 Å². The molecule has 0 saturated heterocycles. The van der Waals surface area contributed by atoms with E-state index in [4.69, 9.17) is 5.11 Å². The molecule has 0 unspecified atom stereocenters. The van der Waals surface area contributed by atoms with E-state index in [1.54, 1.807) is 35.4 Å². The Kier molecular flexibility index (Phi) is 4.95. The second kappa shape index (κ2) is 7.49. The van der Waals surface area contributed by atoms with E-state index < -0.39 is 6.09 Å². The monoisotopic (exact) mass is 361 g/mol. The number of hydrogen-bond donors (Lipinski definition) is 1. The lowest BCUT2D eigenvalue weighted by molar-refractivity contribution is 0.103. The van der Waals surface area contributed by atoms with Crippen molar-refractivity contribution in [3.05, 3.63) is 66.0 Å². The molecule has 0 amide bonds. The van der Waals surface area contributed by atoms with Crippen molar-refractivity contribution in [1.82, 2.24) is 24.6 Å². The zero-order chi connectivity index (χ0) is 19.4. The average Bonchev–Trinajstić information content (AvgIpc) is 3.08. The Hall–Kier alpha value is -3.99. The van der Waals surface area contributed by atoms with Crippen molar-refractivity contribution in [3.8, 4) is 11.8 Å². The Bertz CT molecular complexity index is 1120. The number of carbonyl (C=O) groups excluding carboxylic acids is 1. The number of nitrogens with zero attached hydrogens (tertiary/aromatic N) is 5. The molecule has 2 heterocycles. The SMILES string of the molecule is CN(C)C=CC(=O)c1nccc(C#Cc2ccc3c(cnn3C(=O)O)c2)n1. The molecule has 0 bridgehead atoms. The van der Waals surface area contributed by atoms with Crippen molar-refractivity contribution in [3.63, 3.8) is 0 Å². The smallest absolute Gasteiger partial charge is 0.432 e. The number of carboxylic acid groups (broad SMARTS) is 1. The van der Waals surface area contributed by atoms with Crippen LogP contribution < -0.4 is 0 Å². The largest absolute Gasteiger partial charge is 0.463 e. The fourth-order valence-electron chi connectivity index (χ4n) is 2.24. The molecule has 27 heavy (non-hydrogen) atoms. The van der Waals surface area contributed by atoms with Crippen molar-refractivity contribution in [1.29, 1.82) is 0 Å². The first-order valence-electron chi connectivity index (χ1n) is 7.89. The summed E-state index contributed by atoms with van der Waals surface area (Å²) in [5.41, 5.74) is 1.56. The lowest BCUT2D eigenvalue weighted by Gasteiger charge is -2.02. The molecule has 8 heteroatoms. The summed E-state index contributed by atoms with van der Waals surface area (Å²) in [5.74, 6) is 5.59. The highest BCUT2D eigenvalue weighted by atomic mass is 16.4. The molecule has 3 aromatic rings. The van der Waals surface area contributed by atoms with Gasteiger partial charge in [-0.1, -0.05) is 5.92 Å². The highest BCUT2D eigenvalue weighted by Crippen LogP contribution is 2.15. The quantitative estimate of drug-likeness (QED) is 0.432. The van der Waals surface area contributed by atoms with Gasteiger partial charge >= 0.3 is 6.09 Å². The summed E-state index contributed by atoms with van der Waals surface area (Å²) in [5, 5.41) is 13.5. The second-order valence-electron chi connectivity index (χ2n) is 5.77. The molecular formula is C19H15N5O3. The van der Waals surface area contributed by atoms with Crippen LogP contribution in [0.2, 0.25) is 0 Å². The van der Waals surface area contributed by atoms with Gasteiger partial charge in [0.1, 0.15) is 5.69 Å². The number of benzene rings is 1. The number of allylic oxidation sites excluding steroid dienone is 1. The zero-order valence-electron chi connectivity index (χ0n) is 14.6. The molecule has 1 aromatic carbocycles. The molecule has 0 spiro atoms. The minimum absolute atomic E-state index is 0.0677. The zero-order valence-corrected chi connectivity index (χ0v) is 14.6. The maximum atomic E-state index is 12.0. The third-order valence-electron chi connectivity index (χ3n) is 3.48.